The number of rotatable bonds is 5. The van der Waals surface area contributed by atoms with Crippen molar-refractivity contribution in [3.05, 3.63) is 29.3 Å². The van der Waals surface area contributed by atoms with Crippen LogP contribution < -0.4 is 4.90 Å². The molecular formula is C19H23ClN2O5. The fourth-order valence-electron chi connectivity index (χ4n) is 3.95. The molecule has 146 valence electrons. The second-order valence-corrected chi connectivity index (χ2v) is 7.70. The topological polar surface area (TPSA) is 87.1 Å². The van der Waals surface area contributed by atoms with Crippen LogP contribution in [0.1, 0.15) is 19.3 Å². The summed E-state index contributed by atoms with van der Waals surface area (Å²) < 4.78 is 5.11. The minimum Gasteiger partial charge on any atom is -0.481 e. The molecule has 0 aromatic heterocycles. The summed E-state index contributed by atoms with van der Waals surface area (Å²) in [6.07, 6.45) is 1.20. The molecule has 2 heterocycles. The van der Waals surface area contributed by atoms with Gasteiger partial charge in [-0.1, -0.05) is 11.6 Å². The van der Waals surface area contributed by atoms with Gasteiger partial charge < -0.3 is 19.6 Å². The van der Waals surface area contributed by atoms with Crippen LogP contribution in [-0.4, -0.2) is 61.1 Å². The molecule has 2 unspecified atom stereocenters. The Morgan fingerprint density at radius 2 is 2.04 bits per heavy atom. The number of hydrogen-bond acceptors (Lipinski definition) is 4. The Bertz CT molecular complexity index is 734. The number of methoxy groups -OCH3 is 1. The van der Waals surface area contributed by atoms with Gasteiger partial charge in [0, 0.05) is 43.9 Å². The molecule has 1 aromatic rings. The third kappa shape index (κ3) is 3.94. The number of carbonyl (C=O) groups excluding carboxylic acids is 2. The SMILES string of the molecule is COCC1(C(=O)O)CCCN(C(=O)C2CC(=O)N(c3ccc(Cl)cc3)C2)C1. The van der Waals surface area contributed by atoms with Crippen molar-refractivity contribution in [1.29, 1.82) is 0 Å². The molecule has 2 aliphatic rings. The van der Waals surface area contributed by atoms with Crippen molar-refractivity contribution in [2.24, 2.45) is 11.3 Å². The summed E-state index contributed by atoms with van der Waals surface area (Å²) in [5.74, 6) is -1.71. The van der Waals surface area contributed by atoms with Crippen LogP contribution in [-0.2, 0) is 19.1 Å². The highest BCUT2D eigenvalue weighted by atomic mass is 35.5. The van der Waals surface area contributed by atoms with Crippen molar-refractivity contribution in [3.8, 4) is 0 Å². The third-order valence-electron chi connectivity index (χ3n) is 5.38. The van der Waals surface area contributed by atoms with E-state index in [9.17, 15) is 19.5 Å². The molecule has 0 bridgehead atoms. The number of halogens is 1. The summed E-state index contributed by atoms with van der Waals surface area (Å²) in [7, 11) is 1.46. The van der Waals surface area contributed by atoms with E-state index >= 15 is 0 Å². The zero-order valence-electron chi connectivity index (χ0n) is 15.2. The maximum absolute atomic E-state index is 13.0. The Morgan fingerprint density at radius 3 is 2.67 bits per heavy atom. The molecule has 2 aliphatic heterocycles. The van der Waals surface area contributed by atoms with Gasteiger partial charge in [-0.2, -0.15) is 0 Å². The number of hydrogen-bond donors (Lipinski definition) is 1. The predicted molar refractivity (Wildman–Crippen MR) is 99.7 cm³/mol. The Labute approximate surface area is 162 Å². The number of anilines is 1. The largest absolute Gasteiger partial charge is 0.481 e. The van der Waals surface area contributed by atoms with Crippen LogP contribution in [0.4, 0.5) is 5.69 Å². The molecule has 2 amide bonds. The molecule has 2 fully saturated rings. The second kappa shape index (κ2) is 7.86. The van der Waals surface area contributed by atoms with Gasteiger partial charge in [-0.05, 0) is 37.1 Å². The van der Waals surface area contributed by atoms with Crippen LogP contribution in [0.3, 0.4) is 0 Å². The van der Waals surface area contributed by atoms with Crippen LogP contribution in [0.5, 0.6) is 0 Å². The average Bonchev–Trinajstić information content (AvgIpc) is 3.04. The number of ether oxygens (including phenoxy) is 1. The van der Waals surface area contributed by atoms with Gasteiger partial charge in [0.25, 0.3) is 0 Å². The number of piperidine rings is 1. The molecule has 3 rings (SSSR count). The third-order valence-corrected chi connectivity index (χ3v) is 5.63. The van der Waals surface area contributed by atoms with E-state index in [1.807, 2.05) is 0 Å². The van der Waals surface area contributed by atoms with E-state index in [0.717, 1.165) is 0 Å². The first kappa shape index (κ1) is 19.6. The lowest BCUT2D eigenvalue weighted by atomic mass is 9.80. The van der Waals surface area contributed by atoms with Crippen LogP contribution in [0.25, 0.3) is 0 Å². The van der Waals surface area contributed by atoms with Crippen LogP contribution in [0.15, 0.2) is 24.3 Å². The van der Waals surface area contributed by atoms with Crippen LogP contribution in [0, 0.1) is 11.3 Å². The van der Waals surface area contributed by atoms with Crippen LogP contribution >= 0.6 is 11.6 Å². The molecule has 7 nitrogen and oxygen atoms in total. The van der Waals surface area contributed by atoms with Crippen LogP contribution in [0.2, 0.25) is 5.02 Å². The maximum atomic E-state index is 13.0. The van der Waals surface area contributed by atoms with E-state index < -0.39 is 17.3 Å². The Balaban J connectivity index is 1.71. The zero-order chi connectivity index (χ0) is 19.6. The Morgan fingerprint density at radius 1 is 1.33 bits per heavy atom. The molecule has 0 radical (unpaired) electrons. The smallest absolute Gasteiger partial charge is 0.313 e. The number of carboxylic acids is 1. The van der Waals surface area contributed by atoms with Crippen molar-refractivity contribution >= 4 is 35.1 Å². The van der Waals surface area contributed by atoms with Gasteiger partial charge in [0.1, 0.15) is 5.41 Å². The van der Waals surface area contributed by atoms with Crippen molar-refractivity contribution in [3.63, 3.8) is 0 Å². The molecule has 8 heteroatoms. The van der Waals surface area contributed by atoms with E-state index in [1.54, 1.807) is 34.1 Å². The summed E-state index contributed by atoms with van der Waals surface area (Å²) in [6.45, 7) is 0.969. The van der Waals surface area contributed by atoms with E-state index in [4.69, 9.17) is 16.3 Å². The summed E-state index contributed by atoms with van der Waals surface area (Å²) in [5.41, 5.74) is -0.376. The lowest BCUT2D eigenvalue weighted by Gasteiger charge is -2.40. The summed E-state index contributed by atoms with van der Waals surface area (Å²) in [5, 5.41) is 10.2. The zero-order valence-corrected chi connectivity index (χ0v) is 15.9. The lowest BCUT2D eigenvalue weighted by molar-refractivity contribution is -0.160. The first-order valence-electron chi connectivity index (χ1n) is 8.93. The summed E-state index contributed by atoms with van der Waals surface area (Å²) >= 11 is 5.89. The van der Waals surface area contributed by atoms with Gasteiger partial charge in [0.15, 0.2) is 0 Å². The van der Waals surface area contributed by atoms with E-state index in [1.165, 1.54) is 7.11 Å². The highest BCUT2D eigenvalue weighted by Gasteiger charge is 2.46. The van der Waals surface area contributed by atoms with Gasteiger partial charge in [-0.15, -0.1) is 0 Å². The van der Waals surface area contributed by atoms with E-state index in [0.29, 0.717) is 36.6 Å². The van der Waals surface area contributed by atoms with Crippen molar-refractivity contribution < 1.29 is 24.2 Å². The number of nitrogens with zero attached hydrogens (tertiary/aromatic N) is 2. The monoisotopic (exact) mass is 394 g/mol. The summed E-state index contributed by atoms with van der Waals surface area (Å²) in [4.78, 5) is 40.3. The predicted octanol–water partition coefficient (Wildman–Crippen LogP) is 2.03. The highest BCUT2D eigenvalue weighted by molar-refractivity contribution is 6.30. The van der Waals surface area contributed by atoms with E-state index in [2.05, 4.69) is 0 Å². The maximum Gasteiger partial charge on any atom is 0.313 e. The molecule has 1 N–H and O–H groups in total. The number of carbonyl (C=O) groups is 3. The van der Waals surface area contributed by atoms with Gasteiger partial charge in [0.2, 0.25) is 11.8 Å². The van der Waals surface area contributed by atoms with Crippen molar-refractivity contribution in [2.75, 3.05) is 38.3 Å². The molecule has 27 heavy (non-hydrogen) atoms. The van der Waals surface area contributed by atoms with Crippen molar-refractivity contribution in [2.45, 2.75) is 19.3 Å². The Kier molecular flexibility index (Phi) is 5.72. The highest BCUT2D eigenvalue weighted by Crippen LogP contribution is 2.33. The molecule has 1 aromatic carbocycles. The second-order valence-electron chi connectivity index (χ2n) is 7.26. The minimum atomic E-state index is -1.08. The molecule has 0 spiro atoms. The molecule has 0 saturated carbocycles. The fraction of sp³-hybridized carbons (Fsp3) is 0.526. The van der Waals surface area contributed by atoms with Gasteiger partial charge in [-0.25, -0.2) is 0 Å². The first-order valence-corrected chi connectivity index (χ1v) is 9.31. The standard InChI is InChI=1S/C19H23ClN2O5/c1-27-12-19(18(25)26)7-2-8-21(11-19)17(24)13-9-16(23)22(10-13)15-5-3-14(20)4-6-15/h3-6,13H,2,7-12H2,1H3,(H,25,26). The molecule has 0 aliphatic carbocycles. The minimum absolute atomic E-state index is 0.0621. The van der Waals surface area contributed by atoms with Gasteiger partial charge in [-0.3, -0.25) is 14.4 Å². The molecule has 2 saturated heterocycles. The lowest BCUT2D eigenvalue weighted by Crippen LogP contribution is -2.53. The fourth-order valence-corrected chi connectivity index (χ4v) is 4.08. The number of benzene rings is 1. The first-order chi connectivity index (χ1) is 12.9. The van der Waals surface area contributed by atoms with Gasteiger partial charge in [0.05, 0.1) is 12.5 Å². The normalized spacial score (nSPS) is 25.7. The quantitative estimate of drug-likeness (QED) is 0.825. The Hall–Kier alpha value is -2.12. The molecule has 2 atom stereocenters. The average molecular weight is 395 g/mol. The number of carboxylic acid groups (broad SMARTS) is 1. The number of likely N-dealkylation sites (tertiary alicyclic amines) is 1. The number of aliphatic carboxylic acids is 1. The van der Waals surface area contributed by atoms with E-state index in [-0.39, 0.29) is 31.4 Å². The summed E-state index contributed by atoms with van der Waals surface area (Å²) in [6, 6.07) is 6.91. The number of amides is 2. The molecular weight excluding hydrogens is 372 g/mol. The van der Waals surface area contributed by atoms with Crippen molar-refractivity contribution in [1.82, 2.24) is 4.90 Å². The van der Waals surface area contributed by atoms with Gasteiger partial charge >= 0.3 is 5.97 Å².